The second-order valence-corrected chi connectivity index (χ2v) is 7.46. The van der Waals surface area contributed by atoms with E-state index in [0.717, 1.165) is 6.07 Å². The molecule has 112 valence electrons. The van der Waals surface area contributed by atoms with Gasteiger partial charge < -0.3 is 4.74 Å². The largest absolute Gasteiger partial charge is 0.487 e. The van der Waals surface area contributed by atoms with Crippen LogP contribution in [-0.2, 0) is 15.7 Å². The minimum absolute atomic E-state index is 0.0197. The number of halogens is 4. The number of rotatable bonds is 4. The molecule has 0 aliphatic carbocycles. The number of hydrogen-bond acceptors (Lipinski definition) is 3. The summed E-state index contributed by atoms with van der Waals surface area (Å²) in [5.74, 6) is -0.530. The van der Waals surface area contributed by atoms with Crippen LogP contribution in [0.3, 0.4) is 0 Å². The molecule has 0 atom stereocenters. The van der Waals surface area contributed by atoms with E-state index in [1.165, 1.54) is 30.3 Å². The van der Waals surface area contributed by atoms with Gasteiger partial charge in [0.2, 0.25) is 0 Å². The molecule has 0 N–H and O–H groups in total. The van der Waals surface area contributed by atoms with Gasteiger partial charge in [-0.25, -0.2) is 12.8 Å². The van der Waals surface area contributed by atoms with Crippen LogP contribution in [0.5, 0.6) is 5.75 Å². The first-order valence-corrected chi connectivity index (χ1v) is 8.65. The van der Waals surface area contributed by atoms with E-state index >= 15 is 0 Å². The molecule has 0 unspecified atom stereocenters. The molecule has 0 aromatic heterocycles. The minimum Gasteiger partial charge on any atom is -0.487 e. The third kappa shape index (κ3) is 4.23. The van der Waals surface area contributed by atoms with Crippen molar-refractivity contribution in [1.82, 2.24) is 0 Å². The molecular weight excluding hydrogens is 362 g/mol. The van der Waals surface area contributed by atoms with E-state index in [-0.39, 0.29) is 27.8 Å². The number of ether oxygens (including phenoxy) is 1. The van der Waals surface area contributed by atoms with Gasteiger partial charge in [0.05, 0.1) is 0 Å². The Morgan fingerprint density at radius 3 is 2.33 bits per heavy atom. The Kier molecular flexibility index (Phi) is 4.99. The molecule has 21 heavy (non-hydrogen) atoms. The summed E-state index contributed by atoms with van der Waals surface area (Å²) in [5.41, 5.74) is 0.190. The van der Waals surface area contributed by atoms with Crippen LogP contribution in [0.2, 0.25) is 10.0 Å². The third-order valence-electron chi connectivity index (χ3n) is 2.56. The molecule has 0 aliphatic heterocycles. The molecule has 0 radical (unpaired) electrons. The fraction of sp³-hybridized carbons (Fsp3) is 0.0769. The maximum atomic E-state index is 13.6. The highest BCUT2D eigenvalue weighted by Gasteiger charge is 2.18. The summed E-state index contributed by atoms with van der Waals surface area (Å²) in [6.07, 6.45) is 0. The van der Waals surface area contributed by atoms with Crippen molar-refractivity contribution in [2.24, 2.45) is 0 Å². The van der Waals surface area contributed by atoms with Gasteiger partial charge in [-0.05, 0) is 36.4 Å². The zero-order chi connectivity index (χ0) is 15.6. The zero-order valence-electron chi connectivity index (χ0n) is 10.3. The van der Waals surface area contributed by atoms with Crippen LogP contribution in [-0.4, -0.2) is 8.42 Å². The Hall–Kier alpha value is -1.01. The van der Waals surface area contributed by atoms with Crippen molar-refractivity contribution in [2.75, 3.05) is 0 Å². The normalized spacial score (nSPS) is 11.4. The predicted octanol–water partition coefficient (Wildman–Crippen LogP) is 4.64. The summed E-state index contributed by atoms with van der Waals surface area (Å²) >= 11 is 11.5. The molecular formula is C13H8Cl3FO3S. The first-order chi connectivity index (χ1) is 9.77. The maximum Gasteiger partial charge on any atom is 0.265 e. The molecule has 0 saturated carbocycles. The molecule has 0 aliphatic rings. The highest BCUT2D eigenvalue weighted by molar-refractivity contribution is 8.13. The number of hydrogen-bond donors (Lipinski definition) is 0. The molecule has 3 nitrogen and oxygen atoms in total. The Balaban J connectivity index is 2.30. The quantitative estimate of drug-likeness (QED) is 0.737. The van der Waals surface area contributed by atoms with E-state index in [1.807, 2.05) is 0 Å². The molecule has 0 heterocycles. The van der Waals surface area contributed by atoms with Crippen LogP contribution in [0.25, 0.3) is 0 Å². The molecule has 0 saturated heterocycles. The Labute approximate surface area is 135 Å². The molecule has 2 aromatic carbocycles. The van der Waals surface area contributed by atoms with Crippen molar-refractivity contribution in [1.29, 1.82) is 0 Å². The molecule has 0 spiro atoms. The monoisotopic (exact) mass is 368 g/mol. The van der Waals surface area contributed by atoms with Gasteiger partial charge >= 0.3 is 0 Å². The second kappa shape index (κ2) is 6.40. The Morgan fingerprint density at radius 2 is 1.67 bits per heavy atom. The van der Waals surface area contributed by atoms with Crippen molar-refractivity contribution in [3.63, 3.8) is 0 Å². The molecule has 0 fully saturated rings. The van der Waals surface area contributed by atoms with Gasteiger partial charge in [-0.2, -0.15) is 0 Å². The van der Waals surface area contributed by atoms with Crippen molar-refractivity contribution in [3.05, 3.63) is 57.8 Å². The molecule has 8 heteroatoms. The average molecular weight is 370 g/mol. The Bertz CT molecular complexity index is 778. The van der Waals surface area contributed by atoms with Crippen LogP contribution in [0.4, 0.5) is 4.39 Å². The lowest BCUT2D eigenvalue weighted by molar-refractivity contribution is 0.292. The smallest absolute Gasteiger partial charge is 0.265 e. The van der Waals surface area contributed by atoms with Crippen LogP contribution in [0, 0.1) is 5.82 Å². The summed E-state index contributed by atoms with van der Waals surface area (Å²) in [6.45, 7) is -0.201. The molecule has 2 aromatic rings. The van der Waals surface area contributed by atoms with Gasteiger partial charge in [0.25, 0.3) is 9.05 Å². The molecule has 0 amide bonds. The van der Waals surface area contributed by atoms with E-state index in [4.69, 9.17) is 38.6 Å². The van der Waals surface area contributed by atoms with Crippen molar-refractivity contribution in [2.45, 2.75) is 11.5 Å². The fourth-order valence-corrected chi connectivity index (χ4v) is 3.03. The minimum atomic E-state index is -4.04. The lowest BCUT2D eigenvalue weighted by Gasteiger charge is -2.11. The van der Waals surface area contributed by atoms with Gasteiger partial charge in [-0.15, -0.1) is 0 Å². The van der Waals surface area contributed by atoms with Gasteiger partial charge in [0.1, 0.15) is 23.1 Å². The van der Waals surface area contributed by atoms with Crippen LogP contribution < -0.4 is 4.74 Å². The fourth-order valence-electron chi connectivity index (χ4n) is 1.60. The topological polar surface area (TPSA) is 43.4 Å². The number of benzene rings is 2. The van der Waals surface area contributed by atoms with Gasteiger partial charge in [-0.1, -0.05) is 23.2 Å². The summed E-state index contributed by atoms with van der Waals surface area (Å²) < 4.78 is 41.8. The van der Waals surface area contributed by atoms with Crippen molar-refractivity contribution >= 4 is 42.9 Å². The van der Waals surface area contributed by atoms with Crippen LogP contribution >= 0.6 is 33.9 Å². The van der Waals surface area contributed by atoms with Crippen LogP contribution in [0.15, 0.2) is 41.3 Å². The summed E-state index contributed by atoms with van der Waals surface area (Å²) in [6, 6.07) is 7.94. The first kappa shape index (κ1) is 16.4. The summed E-state index contributed by atoms with van der Waals surface area (Å²) in [5, 5.41) is 0.534. The predicted molar refractivity (Wildman–Crippen MR) is 80.2 cm³/mol. The molecule has 0 bridgehead atoms. The van der Waals surface area contributed by atoms with Crippen molar-refractivity contribution in [3.8, 4) is 5.75 Å². The standard InChI is InChI=1S/C13H8Cl3FO3S/c14-9-1-3-11(17)8(5-9)7-20-12-4-2-10(15)6-13(12)21(16,18)19/h1-6H,7H2. The van der Waals surface area contributed by atoms with E-state index in [1.54, 1.807) is 0 Å². The highest BCUT2D eigenvalue weighted by atomic mass is 35.7. The van der Waals surface area contributed by atoms with E-state index < -0.39 is 14.9 Å². The Morgan fingerprint density at radius 1 is 1.05 bits per heavy atom. The van der Waals surface area contributed by atoms with E-state index in [9.17, 15) is 12.8 Å². The summed E-state index contributed by atoms with van der Waals surface area (Å²) in [4.78, 5) is -0.279. The first-order valence-electron chi connectivity index (χ1n) is 5.58. The highest BCUT2D eigenvalue weighted by Crippen LogP contribution is 2.30. The van der Waals surface area contributed by atoms with Gasteiger partial charge in [-0.3, -0.25) is 0 Å². The van der Waals surface area contributed by atoms with E-state index in [2.05, 4.69) is 0 Å². The SMILES string of the molecule is O=S(=O)(Cl)c1cc(Cl)ccc1OCc1cc(Cl)ccc1F. The summed E-state index contributed by atoms with van der Waals surface area (Å²) in [7, 11) is 1.28. The lowest BCUT2D eigenvalue weighted by Crippen LogP contribution is -2.02. The third-order valence-corrected chi connectivity index (χ3v) is 4.37. The molecule has 2 rings (SSSR count). The lowest BCUT2D eigenvalue weighted by atomic mass is 10.2. The second-order valence-electron chi connectivity index (χ2n) is 4.05. The van der Waals surface area contributed by atoms with E-state index in [0.29, 0.717) is 5.02 Å². The average Bonchev–Trinajstić information content (AvgIpc) is 2.40. The zero-order valence-corrected chi connectivity index (χ0v) is 13.4. The maximum absolute atomic E-state index is 13.6. The van der Waals surface area contributed by atoms with Crippen molar-refractivity contribution < 1.29 is 17.5 Å². The van der Waals surface area contributed by atoms with Crippen LogP contribution in [0.1, 0.15) is 5.56 Å². The van der Waals surface area contributed by atoms with Gasteiger partial charge in [0.15, 0.2) is 0 Å². The van der Waals surface area contributed by atoms with Gasteiger partial charge in [0, 0.05) is 26.3 Å².